The SMILES string of the molecule is CCCC1CCCCN1c1ccc(CNC)c(Br)c1. The number of halogens is 1. The minimum Gasteiger partial charge on any atom is -0.369 e. The largest absolute Gasteiger partial charge is 0.369 e. The molecule has 1 aromatic rings. The molecule has 1 atom stereocenters. The number of benzene rings is 1. The second kappa shape index (κ2) is 7.30. The maximum Gasteiger partial charge on any atom is 0.0380 e. The number of hydrogen-bond donors (Lipinski definition) is 1. The summed E-state index contributed by atoms with van der Waals surface area (Å²) in [5.41, 5.74) is 2.71. The Morgan fingerprint density at radius 3 is 2.89 bits per heavy atom. The van der Waals surface area contributed by atoms with Gasteiger partial charge in [-0.1, -0.05) is 35.3 Å². The Morgan fingerprint density at radius 2 is 2.21 bits per heavy atom. The zero-order valence-electron chi connectivity index (χ0n) is 12.1. The highest BCUT2D eigenvalue weighted by atomic mass is 79.9. The minimum absolute atomic E-state index is 0.737. The third-order valence-electron chi connectivity index (χ3n) is 3.98. The fraction of sp³-hybridized carbons (Fsp3) is 0.625. The zero-order valence-corrected chi connectivity index (χ0v) is 13.7. The normalized spacial score (nSPS) is 19.7. The molecule has 1 aliphatic rings. The van der Waals surface area contributed by atoms with Gasteiger partial charge in [0.05, 0.1) is 0 Å². The second-order valence-corrected chi connectivity index (χ2v) is 6.29. The molecule has 2 rings (SSSR count). The van der Waals surface area contributed by atoms with Gasteiger partial charge in [-0.05, 0) is 50.4 Å². The van der Waals surface area contributed by atoms with Crippen molar-refractivity contribution in [2.75, 3.05) is 18.5 Å². The fourth-order valence-corrected chi connectivity index (χ4v) is 3.53. The summed E-state index contributed by atoms with van der Waals surface area (Å²) < 4.78 is 1.22. The van der Waals surface area contributed by atoms with Gasteiger partial charge in [0.15, 0.2) is 0 Å². The van der Waals surface area contributed by atoms with Crippen LogP contribution in [0.4, 0.5) is 5.69 Å². The molecule has 0 amide bonds. The van der Waals surface area contributed by atoms with Gasteiger partial charge in [0, 0.05) is 29.3 Å². The van der Waals surface area contributed by atoms with Crippen molar-refractivity contribution in [3.05, 3.63) is 28.2 Å². The van der Waals surface area contributed by atoms with Crippen molar-refractivity contribution in [1.29, 1.82) is 0 Å². The van der Waals surface area contributed by atoms with E-state index in [1.165, 1.54) is 54.4 Å². The summed E-state index contributed by atoms with van der Waals surface area (Å²) in [6.45, 7) is 4.42. The predicted molar refractivity (Wildman–Crippen MR) is 86.8 cm³/mol. The van der Waals surface area contributed by atoms with E-state index in [1.807, 2.05) is 7.05 Å². The van der Waals surface area contributed by atoms with Crippen molar-refractivity contribution in [1.82, 2.24) is 5.32 Å². The summed E-state index contributed by atoms with van der Waals surface area (Å²) in [7, 11) is 1.99. The zero-order chi connectivity index (χ0) is 13.7. The van der Waals surface area contributed by atoms with Gasteiger partial charge in [0.2, 0.25) is 0 Å². The van der Waals surface area contributed by atoms with Gasteiger partial charge >= 0.3 is 0 Å². The Bertz CT molecular complexity index is 404. The first-order valence-corrected chi connectivity index (χ1v) is 8.25. The number of nitrogens with one attached hydrogen (secondary N) is 1. The van der Waals surface area contributed by atoms with Crippen LogP contribution in [-0.2, 0) is 6.54 Å². The number of nitrogens with zero attached hydrogens (tertiary/aromatic N) is 1. The van der Waals surface area contributed by atoms with Crippen LogP contribution < -0.4 is 10.2 Å². The quantitative estimate of drug-likeness (QED) is 0.867. The van der Waals surface area contributed by atoms with Crippen LogP contribution in [0.3, 0.4) is 0 Å². The molecule has 0 aliphatic carbocycles. The lowest BCUT2D eigenvalue weighted by atomic mass is 9.97. The molecular weight excluding hydrogens is 300 g/mol. The predicted octanol–water partition coefficient (Wildman–Crippen LogP) is 4.33. The molecule has 19 heavy (non-hydrogen) atoms. The lowest BCUT2D eigenvalue weighted by molar-refractivity contribution is 0.434. The van der Waals surface area contributed by atoms with Gasteiger partial charge < -0.3 is 10.2 Å². The van der Waals surface area contributed by atoms with E-state index in [2.05, 4.69) is 51.3 Å². The maximum atomic E-state index is 3.71. The monoisotopic (exact) mass is 324 g/mol. The third-order valence-corrected chi connectivity index (χ3v) is 4.72. The summed E-state index contributed by atoms with van der Waals surface area (Å²) >= 11 is 3.71. The second-order valence-electron chi connectivity index (χ2n) is 5.44. The summed E-state index contributed by atoms with van der Waals surface area (Å²) in [6.07, 6.45) is 6.66. The van der Waals surface area contributed by atoms with Crippen molar-refractivity contribution in [2.24, 2.45) is 0 Å². The molecule has 0 saturated carbocycles. The van der Waals surface area contributed by atoms with Crippen molar-refractivity contribution in [3.63, 3.8) is 0 Å². The first-order valence-electron chi connectivity index (χ1n) is 7.46. The highest BCUT2D eigenvalue weighted by Gasteiger charge is 2.22. The van der Waals surface area contributed by atoms with Crippen molar-refractivity contribution >= 4 is 21.6 Å². The topological polar surface area (TPSA) is 15.3 Å². The molecule has 0 bridgehead atoms. The summed E-state index contributed by atoms with van der Waals surface area (Å²) in [5.74, 6) is 0. The first kappa shape index (κ1) is 14.9. The van der Waals surface area contributed by atoms with E-state index in [-0.39, 0.29) is 0 Å². The average molecular weight is 325 g/mol. The lowest BCUT2D eigenvalue weighted by Gasteiger charge is -2.38. The van der Waals surface area contributed by atoms with E-state index in [4.69, 9.17) is 0 Å². The molecule has 0 aromatic heterocycles. The molecule has 3 heteroatoms. The Kier molecular flexibility index (Phi) is 5.71. The van der Waals surface area contributed by atoms with Crippen molar-refractivity contribution in [2.45, 2.75) is 51.6 Å². The number of piperidine rings is 1. The molecule has 1 saturated heterocycles. The Balaban J connectivity index is 2.17. The number of rotatable bonds is 5. The van der Waals surface area contributed by atoms with Crippen LogP contribution in [0.1, 0.15) is 44.6 Å². The van der Waals surface area contributed by atoms with Crippen LogP contribution >= 0.6 is 15.9 Å². The Labute approximate surface area is 125 Å². The van der Waals surface area contributed by atoms with E-state index < -0.39 is 0 Å². The minimum atomic E-state index is 0.737. The van der Waals surface area contributed by atoms with E-state index in [9.17, 15) is 0 Å². The van der Waals surface area contributed by atoms with Gasteiger partial charge in [0.25, 0.3) is 0 Å². The van der Waals surface area contributed by atoms with Gasteiger partial charge in [0.1, 0.15) is 0 Å². The molecule has 0 spiro atoms. The average Bonchev–Trinajstić information content (AvgIpc) is 2.42. The van der Waals surface area contributed by atoms with E-state index in [0.717, 1.165) is 12.6 Å². The van der Waals surface area contributed by atoms with E-state index in [0.29, 0.717) is 0 Å². The molecule has 1 fully saturated rings. The number of anilines is 1. The fourth-order valence-electron chi connectivity index (χ4n) is 3.02. The van der Waals surface area contributed by atoms with Gasteiger partial charge in [-0.15, -0.1) is 0 Å². The standard InChI is InChI=1S/C16H25BrN2/c1-3-6-14-7-4-5-10-19(14)15-9-8-13(12-18-2)16(17)11-15/h8-9,11,14,18H,3-7,10,12H2,1-2H3. The van der Waals surface area contributed by atoms with Crippen LogP contribution in [0.25, 0.3) is 0 Å². The van der Waals surface area contributed by atoms with Crippen LogP contribution in [0, 0.1) is 0 Å². The summed E-state index contributed by atoms with van der Waals surface area (Å²) in [6, 6.07) is 7.56. The van der Waals surface area contributed by atoms with E-state index >= 15 is 0 Å². The van der Waals surface area contributed by atoms with Crippen molar-refractivity contribution in [3.8, 4) is 0 Å². The summed E-state index contributed by atoms with van der Waals surface area (Å²) in [4.78, 5) is 2.61. The smallest absolute Gasteiger partial charge is 0.0380 e. The molecule has 1 unspecified atom stereocenters. The molecule has 1 N–H and O–H groups in total. The lowest BCUT2D eigenvalue weighted by Crippen LogP contribution is -2.39. The van der Waals surface area contributed by atoms with Crippen LogP contribution in [0.5, 0.6) is 0 Å². The molecule has 0 radical (unpaired) electrons. The van der Waals surface area contributed by atoms with Crippen LogP contribution in [0.15, 0.2) is 22.7 Å². The number of hydrogen-bond acceptors (Lipinski definition) is 2. The third kappa shape index (κ3) is 3.73. The van der Waals surface area contributed by atoms with Crippen LogP contribution in [-0.4, -0.2) is 19.6 Å². The van der Waals surface area contributed by atoms with Crippen molar-refractivity contribution < 1.29 is 0 Å². The molecule has 1 aliphatic heterocycles. The first-order chi connectivity index (χ1) is 9.26. The van der Waals surface area contributed by atoms with Gasteiger partial charge in [-0.2, -0.15) is 0 Å². The van der Waals surface area contributed by atoms with Gasteiger partial charge in [-0.25, -0.2) is 0 Å². The Morgan fingerprint density at radius 1 is 1.37 bits per heavy atom. The maximum absolute atomic E-state index is 3.71. The molecule has 106 valence electrons. The van der Waals surface area contributed by atoms with E-state index in [1.54, 1.807) is 0 Å². The summed E-state index contributed by atoms with van der Waals surface area (Å²) in [5, 5.41) is 3.21. The molecule has 2 nitrogen and oxygen atoms in total. The molecular formula is C16H25BrN2. The van der Waals surface area contributed by atoms with Gasteiger partial charge in [-0.3, -0.25) is 0 Å². The highest BCUT2D eigenvalue weighted by molar-refractivity contribution is 9.10. The van der Waals surface area contributed by atoms with Crippen LogP contribution in [0.2, 0.25) is 0 Å². The molecule has 1 heterocycles. The highest BCUT2D eigenvalue weighted by Crippen LogP contribution is 2.30. The molecule has 1 aromatic carbocycles. The Hall–Kier alpha value is -0.540.